The van der Waals surface area contributed by atoms with E-state index in [-0.39, 0.29) is 0 Å². The van der Waals surface area contributed by atoms with Gasteiger partial charge in [-0.3, -0.25) is 0 Å². The SMILES string of the molecule is COC(=O)c1ccc(Br)cc1OCc1ccccc1. The average molecular weight is 321 g/mol. The van der Waals surface area contributed by atoms with Crippen LogP contribution >= 0.6 is 15.9 Å². The fraction of sp³-hybridized carbons (Fsp3) is 0.133. The number of esters is 1. The van der Waals surface area contributed by atoms with E-state index in [9.17, 15) is 4.79 Å². The summed E-state index contributed by atoms with van der Waals surface area (Å²) in [5.74, 6) is 0.0978. The standard InChI is InChI=1S/C15H13BrO3/c1-18-15(17)13-8-7-12(16)9-14(13)19-10-11-5-3-2-4-6-11/h2-9H,10H2,1H3. The Morgan fingerprint density at radius 2 is 1.89 bits per heavy atom. The molecule has 0 N–H and O–H groups in total. The third-order valence-electron chi connectivity index (χ3n) is 2.59. The van der Waals surface area contributed by atoms with Crippen molar-refractivity contribution in [3.8, 4) is 5.75 Å². The monoisotopic (exact) mass is 320 g/mol. The van der Waals surface area contributed by atoms with Crippen molar-refractivity contribution in [2.75, 3.05) is 7.11 Å². The quantitative estimate of drug-likeness (QED) is 0.803. The van der Waals surface area contributed by atoms with Crippen LogP contribution in [0.3, 0.4) is 0 Å². The number of methoxy groups -OCH3 is 1. The Bertz CT molecular complexity index is 567. The molecule has 0 aromatic heterocycles. The summed E-state index contributed by atoms with van der Waals surface area (Å²) < 4.78 is 11.3. The minimum atomic E-state index is -0.407. The molecule has 0 amide bonds. The van der Waals surface area contributed by atoms with Gasteiger partial charge < -0.3 is 9.47 Å². The van der Waals surface area contributed by atoms with Crippen LogP contribution in [0.15, 0.2) is 53.0 Å². The summed E-state index contributed by atoms with van der Waals surface area (Å²) in [5, 5.41) is 0. The molecule has 98 valence electrons. The van der Waals surface area contributed by atoms with E-state index in [0.29, 0.717) is 17.9 Å². The summed E-state index contributed by atoms with van der Waals surface area (Å²) in [4.78, 5) is 11.6. The van der Waals surface area contributed by atoms with Gasteiger partial charge in [0, 0.05) is 4.47 Å². The summed E-state index contributed by atoms with van der Waals surface area (Å²) in [6.45, 7) is 0.404. The van der Waals surface area contributed by atoms with E-state index in [1.54, 1.807) is 18.2 Å². The number of benzene rings is 2. The zero-order valence-corrected chi connectivity index (χ0v) is 12.0. The van der Waals surface area contributed by atoms with E-state index in [0.717, 1.165) is 10.0 Å². The van der Waals surface area contributed by atoms with Gasteiger partial charge in [-0.2, -0.15) is 0 Å². The Kier molecular flexibility index (Phi) is 4.58. The first kappa shape index (κ1) is 13.6. The molecular weight excluding hydrogens is 308 g/mol. The van der Waals surface area contributed by atoms with E-state index in [4.69, 9.17) is 9.47 Å². The van der Waals surface area contributed by atoms with Crippen LogP contribution in [0.25, 0.3) is 0 Å². The average Bonchev–Trinajstić information content (AvgIpc) is 2.45. The molecule has 4 heteroatoms. The van der Waals surface area contributed by atoms with Gasteiger partial charge in [0.25, 0.3) is 0 Å². The second-order valence-electron chi connectivity index (χ2n) is 3.91. The zero-order chi connectivity index (χ0) is 13.7. The van der Waals surface area contributed by atoms with Gasteiger partial charge in [0.2, 0.25) is 0 Å². The number of halogens is 1. The van der Waals surface area contributed by atoms with Crippen LogP contribution < -0.4 is 4.74 Å². The van der Waals surface area contributed by atoms with E-state index < -0.39 is 5.97 Å². The van der Waals surface area contributed by atoms with Gasteiger partial charge >= 0.3 is 5.97 Å². The number of hydrogen-bond donors (Lipinski definition) is 0. The van der Waals surface area contributed by atoms with E-state index in [1.165, 1.54) is 7.11 Å². The molecule has 0 saturated heterocycles. The van der Waals surface area contributed by atoms with Crippen LogP contribution in [0.2, 0.25) is 0 Å². The molecule has 0 radical (unpaired) electrons. The minimum Gasteiger partial charge on any atom is -0.488 e. The van der Waals surface area contributed by atoms with Crippen molar-refractivity contribution < 1.29 is 14.3 Å². The van der Waals surface area contributed by atoms with Crippen LogP contribution in [0.1, 0.15) is 15.9 Å². The first-order valence-electron chi connectivity index (χ1n) is 5.75. The van der Waals surface area contributed by atoms with Gasteiger partial charge in [-0.25, -0.2) is 4.79 Å². The number of rotatable bonds is 4. The minimum absolute atomic E-state index is 0.404. The molecule has 0 unspecified atom stereocenters. The molecule has 0 aliphatic rings. The van der Waals surface area contributed by atoms with Crippen LogP contribution in [0.5, 0.6) is 5.75 Å². The number of hydrogen-bond acceptors (Lipinski definition) is 3. The van der Waals surface area contributed by atoms with Crippen molar-refractivity contribution in [2.45, 2.75) is 6.61 Å². The molecule has 2 rings (SSSR count). The maximum Gasteiger partial charge on any atom is 0.341 e. The summed E-state index contributed by atoms with van der Waals surface area (Å²) in [7, 11) is 1.35. The van der Waals surface area contributed by atoms with Crippen molar-refractivity contribution in [1.82, 2.24) is 0 Å². The fourth-order valence-electron chi connectivity index (χ4n) is 1.63. The molecule has 19 heavy (non-hydrogen) atoms. The smallest absolute Gasteiger partial charge is 0.341 e. The largest absolute Gasteiger partial charge is 0.488 e. The molecule has 0 atom stereocenters. The lowest BCUT2D eigenvalue weighted by Crippen LogP contribution is -2.05. The molecule has 0 fully saturated rings. The fourth-order valence-corrected chi connectivity index (χ4v) is 1.97. The second kappa shape index (κ2) is 6.38. The van der Waals surface area contributed by atoms with Crippen molar-refractivity contribution in [2.24, 2.45) is 0 Å². The van der Waals surface area contributed by atoms with E-state index in [1.807, 2.05) is 30.3 Å². The predicted molar refractivity (Wildman–Crippen MR) is 76.3 cm³/mol. The molecule has 3 nitrogen and oxygen atoms in total. The molecular formula is C15H13BrO3. The van der Waals surface area contributed by atoms with Crippen molar-refractivity contribution in [3.63, 3.8) is 0 Å². The molecule has 0 aliphatic carbocycles. The van der Waals surface area contributed by atoms with Crippen molar-refractivity contribution >= 4 is 21.9 Å². The predicted octanol–water partition coefficient (Wildman–Crippen LogP) is 3.81. The summed E-state index contributed by atoms with van der Waals surface area (Å²) in [6, 6.07) is 15.0. The highest BCUT2D eigenvalue weighted by Crippen LogP contribution is 2.25. The van der Waals surface area contributed by atoms with E-state index >= 15 is 0 Å². The highest BCUT2D eigenvalue weighted by atomic mass is 79.9. The number of carbonyl (C=O) groups is 1. The second-order valence-corrected chi connectivity index (χ2v) is 4.82. The van der Waals surface area contributed by atoms with Gasteiger partial charge in [-0.1, -0.05) is 46.3 Å². The molecule has 0 aliphatic heterocycles. The van der Waals surface area contributed by atoms with Crippen molar-refractivity contribution in [1.29, 1.82) is 0 Å². The van der Waals surface area contributed by atoms with Crippen LogP contribution in [0.4, 0.5) is 0 Å². The number of ether oxygens (including phenoxy) is 2. The zero-order valence-electron chi connectivity index (χ0n) is 10.4. The molecule has 0 heterocycles. The molecule has 0 bridgehead atoms. The van der Waals surface area contributed by atoms with Gasteiger partial charge in [0.15, 0.2) is 0 Å². The van der Waals surface area contributed by atoms with Gasteiger partial charge in [0.05, 0.1) is 7.11 Å². The molecule has 2 aromatic rings. The summed E-state index contributed by atoms with van der Waals surface area (Å²) in [5.41, 5.74) is 1.46. The normalized spacial score (nSPS) is 10.0. The highest BCUT2D eigenvalue weighted by molar-refractivity contribution is 9.10. The van der Waals surface area contributed by atoms with Crippen LogP contribution in [-0.4, -0.2) is 13.1 Å². The van der Waals surface area contributed by atoms with Gasteiger partial charge in [0.1, 0.15) is 17.9 Å². The Hall–Kier alpha value is -1.81. The third-order valence-corrected chi connectivity index (χ3v) is 3.08. The lowest BCUT2D eigenvalue weighted by atomic mass is 10.2. The highest BCUT2D eigenvalue weighted by Gasteiger charge is 2.13. The number of carbonyl (C=O) groups excluding carboxylic acids is 1. The summed E-state index contributed by atoms with van der Waals surface area (Å²) in [6.07, 6.45) is 0. The van der Waals surface area contributed by atoms with Crippen molar-refractivity contribution in [3.05, 3.63) is 64.1 Å². The Balaban J connectivity index is 2.19. The lowest BCUT2D eigenvalue weighted by molar-refractivity contribution is 0.0595. The first-order chi connectivity index (χ1) is 9.20. The Morgan fingerprint density at radius 1 is 1.16 bits per heavy atom. The van der Waals surface area contributed by atoms with Crippen LogP contribution in [-0.2, 0) is 11.3 Å². The maximum atomic E-state index is 11.6. The molecule has 0 spiro atoms. The molecule has 0 saturated carbocycles. The van der Waals surface area contributed by atoms with Gasteiger partial charge in [-0.15, -0.1) is 0 Å². The molecule has 2 aromatic carbocycles. The lowest BCUT2D eigenvalue weighted by Gasteiger charge is -2.10. The topological polar surface area (TPSA) is 35.5 Å². The maximum absolute atomic E-state index is 11.6. The Morgan fingerprint density at radius 3 is 2.58 bits per heavy atom. The summed E-state index contributed by atoms with van der Waals surface area (Å²) >= 11 is 3.36. The van der Waals surface area contributed by atoms with Crippen LogP contribution in [0, 0.1) is 0 Å². The first-order valence-corrected chi connectivity index (χ1v) is 6.54. The van der Waals surface area contributed by atoms with Gasteiger partial charge in [-0.05, 0) is 23.8 Å². The Labute approximate surface area is 120 Å². The van der Waals surface area contributed by atoms with E-state index in [2.05, 4.69) is 15.9 Å². The third kappa shape index (κ3) is 3.58.